The van der Waals surface area contributed by atoms with Crippen LogP contribution in [0.5, 0.6) is 0 Å². The normalized spacial score (nSPS) is 9.75. The minimum Gasteiger partial charge on any atom is -0.364 e. The molecule has 2 N–H and O–H groups in total. The molecular formula is C9H12N2O. The van der Waals surface area contributed by atoms with Gasteiger partial charge in [0.1, 0.15) is 5.69 Å². The van der Waals surface area contributed by atoms with Crippen molar-refractivity contribution >= 4 is 5.91 Å². The van der Waals surface area contributed by atoms with Crippen LogP contribution >= 0.6 is 0 Å². The second-order valence-corrected chi connectivity index (χ2v) is 2.63. The summed E-state index contributed by atoms with van der Waals surface area (Å²) in [6.07, 6.45) is 1.91. The lowest BCUT2D eigenvalue weighted by Gasteiger charge is -1.98. The molecule has 1 aromatic rings. The third-order valence-corrected chi connectivity index (χ3v) is 1.57. The molecule has 1 aromatic heterocycles. The highest BCUT2D eigenvalue weighted by molar-refractivity contribution is 5.90. The second-order valence-electron chi connectivity index (χ2n) is 2.63. The predicted molar refractivity (Wildman–Crippen MR) is 46.7 cm³/mol. The zero-order chi connectivity index (χ0) is 8.97. The smallest absolute Gasteiger partial charge is 0.267 e. The van der Waals surface area contributed by atoms with Gasteiger partial charge in [0, 0.05) is 5.69 Å². The number of carbonyl (C=O) groups excluding carboxylic acids is 1. The van der Waals surface area contributed by atoms with Crippen molar-refractivity contribution < 1.29 is 4.79 Å². The Morgan fingerprint density at radius 2 is 2.33 bits per heavy atom. The number of hydrogen-bond acceptors (Lipinski definition) is 2. The van der Waals surface area contributed by atoms with Gasteiger partial charge >= 0.3 is 0 Å². The van der Waals surface area contributed by atoms with Crippen molar-refractivity contribution in [3.8, 4) is 0 Å². The van der Waals surface area contributed by atoms with Gasteiger partial charge in [-0.1, -0.05) is 19.4 Å². The number of carbonyl (C=O) groups is 1. The van der Waals surface area contributed by atoms with Gasteiger partial charge in [0.15, 0.2) is 0 Å². The Kier molecular flexibility index (Phi) is 2.80. The summed E-state index contributed by atoms with van der Waals surface area (Å²) in [5.74, 6) is -0.465. The molecule has 0 spiro atoms. The van der Waals surface area contributed by atoms with Gasteiger partial charge in [0.25, 0.3) is 5.91 Å². The van der Waals surface area contributed by atoms with E-state index >= 15 is 0 Å². The molecule has 0 saturated carbocycles. The summed E-state index contributed by atoms with van der Waals surface area (Å²) in [6.45, 7) is 2.07. The van der Waals surface area contributed by atoms with Crippen LogP contribution in [0, 0.1) is 0 Å². The molecule has 0 fully saturated rings. The van der Waals surface area contributed by atoms with E-state index in [2.05, 4.69) is 11.9 Å². The van der Waals surface area contributed by atoms with E-state index in [0.717, 1.165) is 18.5 Å². The van der Waals surface area contributed by atoms with E-state index in [0.29, 0.717) is 5.69 Å². The average molecular weight is 164 g/mol. The lowest BCUT2D eigenvalue weighted by Crippen LogP contribution is -2.13. The summed E-state index contributed by atoms with van der Waals surface area (Å²) < 4.78 is 0. The summed E-state index contributed by atoms with van der Waals surface area (Å²) in [5, 5.41) is 0. The summed E-state index contributed by atoms with van der Waals surface area (Å²) in [4.78, 5) is 14.8. The minimum absolute atomic E-state index is 0.348. The van der Waals surface area contributed by atoms with Crippen molar-refractivity contribution in [3.63, 3.8) is 0 Å². The molecule has 1 heterocycles. The van der Waals surface area contributed by atoms with Crippen LogP contribution < -0.4 is 5.73 Å². The molecule has 0 aliphatic carbocycles. The number of primary amides is 1. The third-order valence-electron chi connectivity index (χ3n) is 1.57. The maximum Gasteiger partial charge on any atom is 0.267 e. The Morgan fingerprint density at radius 1 is 1.58 bits per heavy atom. The van der Waals surface area contributed by atoms with E-state index in [-0.39, 0.29) is 0 Å². The molecule has 0 aliphatic rings. The Balaban J connectivity index is 2.88. The predicted octanol–water partition coefficient (Wildman–Crippen LogP) is 1.13. The molecule has 0 unspecified atom stereocenters. The molecule has 64 valence electrons. The number of pyridine rings is 1. The summed E-state index contributed by atoms with van der Waals surface area (Å²) >= 11 is 0. The zero-order valence-corrected chi connectivity index (χ0v) is 7.08. The minimum atomic E-state index is -0.465. The SMILES string of the molecule is CCCc1cccc(C(N)=O)n1. The molecule has 0 radical (unpaired) electrons. The van der Waals surface area contributed by atoms with Gasteiger partial charge in [0.05, 0.1) is 0 Å². The van der Waals surface area contributed by atoms with Gasteiger partial charge in [-0.05, 0) is 18.6 Å². The van der Waals surface area contributed by atoms with Gasteiger partial charge in [-0.25, -0.2) is 4.98 Å². The molecule has 12 heavy (non-hydrogen) atoms. The lowest BCUT2D eigenvalue weighted by atomic mass is 10.2. The van der Waals surface area contributed by atoms with Crippen LogP contribution in [-0.2, 0) is 6.42 Å². The Hall–Kier alpha value is -1.38. The Morgan fingerprint density at radius 3 is 2.92 bits per heavy atom. The summed E-state index contributed by atoms with van der Waals surface area (Å²) in [6, 6.07) is 5.33. The number of aryl methyl sites for hydroxylation is 1. The Labute approximate surface area is 71.6 Å². The second kappa shape index (κ2) is 3.85. The molecular weight excluding hydrogens is 152 g/mol. The number of aromatic nitrogens is 1. The average Bonchev–Trinajstić information content (AvgIpc) is 2.05. The number of nitrogens with zero attached hydrogens (tertiary/aromatic N) is 1. The van der Waals surface area contributed by atoms with E-state index in [9.17, 15) is 4.79 Å². The van der Waals surface area contributed by atoms with E-state index in [4.69, 9.17) is 5.73 Å². The summed E-state index contributed by atoms with van der Waals surface area (Å²) in [5.41, 5.74) is 6.35. The molecule has 0 aromatic carbocycles. The van der Waals surface area contributed by atoms with E-state index in [1.807, 2.05) is 6.07 Å². The Bertz CT molecular complexity index is 284. The highest BCUT2D eigenvalue weighted by Gasteiger charge is 2.01. The zero-order valence-electron chi connectivity index (χ0n) is 7.08. The fourth-order valence-corrected chi connectivity index (χ4v) is 1.01. The molecule has 3 nitrogen and oxygen atoms in total. The van der Waals surface area contributed by atoms with Crippen molar-refractivity contribution in [2.75, 3.05) is 0 Å². The number of hydrogen-bond donors (Lipinski definition) is 1. The largest absolute Gasteiger partial charge is 0.364 e. The lowest BCUT2D eigenvalue weighted by molar-refractivity contribution is 0.0995. The van der Waals surface area contributed by atoms with Crippen LogP contribution in [0.25, 0.3) is 0 Å². The first-order chi connectivity index (χ1) is 5.74. The molecule has 0 atom stereocenters. The molecule has 1 rings (SSSR count). The van der Waals surface area contributed by atoms with Crippen molar-refractivity contribution in [2.45, 2.75) is 19.8 Å². The van der Waals surface area contributed by atoms with Crippen molar-refractivity contribution in [1.29, 1.82) is 0 Å². The highest BCUT2D eigenvalue weighted by Crippen LogP contribution is 2.01. The first-order valence-corrected chi connectivity index (χ1v) is 3.99. The van der Waals surface area contributed by atoms with Crippen molar-refractivity contribution in [3.05, 3.63) is 29.6 Å². The van der Waals surface area contributed by atoms with Crippen LogP contribution in [0.1, 0.15) is 29.5 Å². The molecule has 3 heteroatoms. The first-order valence-electron chi connectivity index (χ1n) is 3.99. The van der Waals surface area contributed by atoms with Crippen LogP contribution in [-0.4, -0.2) is 10.9 Å². The summed E-state index contributed by atoms with van der Waals surface area (Å²) in [7, 11) is 0. The van der Waals surface area contributed by atoms with Gasteiger partial charge in [-0.2, -0.15) is 0 Å². The van der Waals surface area contributed by atoms with Gasteiger partial charge in [-0.15, -0.1) is 0 Å². The van der Waals surface area contributed by atoms with E-state index in [1.54, 1.807) is 12.1 Å². The van der Waals surface area contributed by atoms with Gasteiger partial charge in [0.2, 0.25) is 0 Å². The quantitative estimate of drug-likeness (QED) is 0.728. The first kappa shape index (κ1) is 8.71. The maximum absolute atomic E-state index is 10.7. The highest BCUT2D eigenvalue weighted by atomic mass is 16.1. The van der Waals surface area contributed by atoms with Crippen LogP contribution in [0.4, 0.5) is 0 Å². The van der Waals surface area contributed by atoms with E-state index < -0.39 is 5.91 Å². The molecule has 0 bridgehead atoms. The van der Waals surface area contributed by atoms with Gasteiger partial charge < -0.3 is 5.73 Å². The van der Waals surface area contributed by atoms with Crippen molar-refractivity contribution in [2.24, 2.45) is 5.73 Å². The maximum atomic E-state index is 10.7. The third kappa shape index (κ3) is 2.05. The fraction of sp³-hybridized carbons (Fsp3) is 0.333. The van der Waals surface area contributed by atoms with Crippen LogP contribution in [0.3, 0.4) is 0 Å². The monoisotopic (exact) mass is 164 g/mol. The van der Waals surface area contributed by atoms with Crippen molar-refractivity contribution in [1.82, 2.24) is 4.98 Å². The standard InChI is InChI=1S/C9H12N2O/c1-2-4-7-5-3-6-8(11-7)9(10)12/h3,5-6H,2,4H2,1H3,(H2,10,12). The van der Waals surface area contributed by atoms with Crippen LogP contribution in [0.15, 0.2) is 18.2 Å². The number of rotatable bonds is 3. The molecule has 1 amide bonds. The molecule has 0 aliphatic heterocycles. The van der Waals surface area contributed by atoms with Gasteiger partial charge in [-0.3, -0.25) is 4.79 Å². The topological polar surface area (TPSA) is 56.0 Å². The fourth-order valence-electron chi connectivity index (χ4n) is 1.01. The van der Waals surface area contributed by atoms with E-state index in [1.165, 1.54) is 0 Å². The number of nitrogens with two attached hydrogens (primary N) is 1. The van der Waals surface area contributed by atoms with Crippen LogP contribution in [0.2, 0.25) is 0 Å². The molecule has 0 saturated heterocycles. The number of amides is 1.